The number of methoxy groups -OCH3 is 2. The van der Waals surface area contributed by atoms with Crippen LogP contribution in [0.1, 0.15) is 77.5 Å². The average Bonchev–Trinajstić information content (AvgIpc) is 2.85. The molecule has 2 aromatic rings. The van der Waals surface area contributed by atoms with E-state index in [4.69, 9.17) is 14.2 Å². The highest BCUT2D eigenvalue weighted by Gasteiger charge is 2.14. The first kappa shape index (κ1) is 27.6. The molecule has 0 heterocycles. The highest BCUT2D eigenvalue weighted by atomic mass is 16.5. The summed E-state index contributed by atoms with van der Waals surface area (Å²) in [5, 5.41) is 2.16. The topological polar surface area (TPSA) is 27.7 Å². The third-order valence-corrected chi connectivity index (χ3v) is 6.63. The summed E-state index contributed by atoms with van der Waals surface area (Å²) in [6.07, 6.45) is 8.63. The second-order valence-electron chi connectivity index (χ2n) is 9.13. The van der Waals surface area contributed by atoms with E-state index in [-0.39, 0.29) is 0 Å². The van der Waals surface area contributed by atoms with E-state index in [1.165, 1.54) is 27.8 Å². The van der Waals surface area contributed by atoms with Crippen molar-refractivity contribution in [1.29, 1.82) is 0 Å². The molecule has 0 saturated heterocycles. The van der Waals surface area contributed by atoms with Gasteiger partial charge in [-0.2, -0.15) is 0 Å². The quantitative estimate of drug-likeness (QED) is 0.364. The number of hydrogen-bond donors (Lipinski definition) is 0. The van der Waals surface area contributed by atoms with Gasteiger partial charge in [-0.1, -0.05) is 64.3 Å². The number of allylic oxidation sites excluding steroid dienone is 2. The molecule has 0 aliphatic heterocycles. The standard InChI is InChI=1S/C31H44O3/c1-10-14-24-17-23(7)30(34-20-21(5)11-2)19-28(24)27(22(6)12-3)18-25-15-16-29(32-8)31(33-9)26(25)13-4/h13,15-19,21H,10-12,14,20H2,1-9H3/b25-18-,26-13+,27-22-. The monoisotopic (exact) mass is 464 g/mol. The van der Waals surface area contributed by atoms with Gasteiger partial charge in [0.25, 0.3) is 0 Å². The number of benzene rings is 2. The van der Waals surface area contributed by atoms with Crippen molar-refractivity contribution in [2.45, 2.75) is 74.1 Å². The fraction of sp³-hybridized carbons (Fsp3) is 0.484. The lowest BCUT2D eigenvalue weighted by molar-refractivity contribution is 0.255. The zero-order valence-corrected chi connectivity index (χ0v) is 22.8. The summed E-state index contributed by atoms with van der Waals surface area (Å²) in [7, 11) is 3.38. The molecule has 0 saturated carbocycles. The maximum absolute atomic E-state index is 6.31. The Balaban J connectivity index is 2.81. The fourth-order valence-electron chi connectivity index (χ4n) is 4.15. The molecule has 0 bridgehead atoms. The van der Waals surface area contributed by atoms with Crippen molar-refractivity contribution in [2.24, 2.45) is 5.92 Å². The Morgan fingerprint density at radius 1 is 1.03 bits per heavy atom. The second-order valence-corrected chi connectivity index (χ2v) is 9.13. The molecule has 0 amide bonds. The van der Waals surface area contributed by atoms with Gasteiger partial charge < -0.3 is 14.2 Å². The lowest BCUT2D eigenvalue weighted by Gasteiger charge is -2.19. The molecule has 186 valence electrons. The predicted octanol–water partition coefficient (Wildman–Crippen LogP) is 6.85. The first-order chi connectivity index (χ1) is 16.3. The minimum atomic E-state index is 0.534. The van der Waals surface area contributed by atoms with Crippen LogP contribution in [0.5, 0.6) is 17.2 Å². The smallest absolute Gasteiger partial charge is 0.168 e. The third-order valence-electron chi connectivity index (χ3n) is 6.63. The van der Waals surface area contributed by atoms with Crippen LogP contribution in [0.25, 0.3) is 17.7 Å². The van der Waals surface area contributed by atoms with Crippen LogP contribution in [0.4, 0.5) is 0 Å². The van der Waals surface area contributed by atoms with E-state index in [0.717, 1.165) is 60.0 Å². The lowest BCUT2D eigenvalue weighted by atomic mass is 9.90. The van der Waals surface area contributed by atoms with Gasteiger partial charge in [0.1, 0.15) is 5.75 Å². The Morgan fingerprint density at radius 3 is 2.32 bits per heavy atom. The molecule has 3 heteroatoms. The maximum Gasteiger partial charge on any atom is 0.168 e. The van der Waals surface area contributed by atoms with E-state index in [9.17, 15) is 0 Å². The van der Waals surface area contributed by atoms with Gasteiger partial charge >= 0.3 is 0 Å². The molecule has 3 nitrogen and oxygen atoms in total. The Kier molecular flexibility index (Phi) is 10.8. The first-order valence-corrected chi connectivity index (χ1v) is 12.7. The van der Waals surface area contributed by atoms with Crippen molar-refractivity contribution in [2.75, 3.05) is 20.8 Å². The van der Waals surface area contributed by atoms with Crippen molar-refractivity contribution >= 4 is 17.7 Å². The number of rotatable bonds is 11. The van der Waals surface area contributed by atoms with E-state index in [1.807, 2.05) is 13.0 Å². The van der Waals surface area contributed by atoms with Gasteiger partial charge in [0, 0.05) is 5.22 Å². The first-order valence-electron chi connectivity index (χ1n) is 12.7. The van der Waals surface area contributed by atoms with Crippen molar-refractivity contribution in [3.05, 3.63) is 57.0 Å². The van der Waals surface area contributed by atoms with Gasteiger partial charge in [-0.05, 0) is 85.2 Å². The zero-order chi connectivity index (χ0) is 25.3. The Labute approximate surface area is 207 Å². The Morgan fingerprint density at radius 2 is 1.76 bits per heavy atom. The van der Waals surface area contributed by atoms with Crippen molar-refractivity contribution < 1.29 is 14.2 Å². The normalized spacial score (nSPS) is 14.1. The Hall–Kier alpha value is -2.68. The van der Waals surface area contributed by atoms with Gasteiger partial charge in [-0.25, -0.2) is 0 Å². The maximum atomic E-state index is 6.31. The SMILES string of the molecule is C/C=c1/c(OC)c(OC)cc/c1=C/C(=C(\C)CC)c1cc(OCC(C)CC)c(C)cc1CCC. The van der Waals surface area contributed by atoms with Gasteiger partial charge in [-0.3, -0.25) is 0 Å². The number of hydrogen-bond acceptors (Lipinski definition) is 3. The molecule has 0 aromatic heterocycles. The molecule has 0 aliphatic carbocycles. The molecule has 2 rings (SSSR count). The molecule has 1 atom stereocenters. The van der Waals surface area contributed by atoms with Crippen LogP contribution < -0.4 is 24.6 Å². The molecule has 0 fully saturated rings. The predicted molar refractivity (Wildman–Crippen MR) is 146 cm³/mol. The van der Waals surface area contributed by atoms with Crippen molar-refractivity contribution in [3.8, 4) is 17.2 Å². The second kappa shape index (κ2) is 13.3. The van der Waals surface area contributed by atoms with Crippen LogP contribution in [0, 0.1) is 12.8 Å². The summed E-state index contributed by atoms with van der Waals surface area (Å²) in [4.78, 5) is 0. The summed E-state index contributed by atoms with van der Waals surface area (Å²) in [5.74, 6) is 3.03. The molecular weight excluding hydrogens is 420 g/mol. The number of ether oxygens (including phenoxy) is 3. The van der Waals surface area contributed by atoms with Crippen LogP contribution in [0.3, 0.4) is 0 Å². The van der Waals surface area contributed by atoms with Crippen LogP contribution in [0.15, 0.2) is 29.8 Å². The van der Waals surface area contributed by atoms with Crippen molar-refractivity contribution in [1.82, 2.24) is 0 Å². The fourth-order valence-corrected chi connectivity index (χ4v) is 4.15. The van der Waals surface area contributed by atoms with Crippen LogP contribution >= 0.6 is 0 Å². The van der Waals surface area contributed by atoms with Crippen LogP contribution in [-0.4, -0.2) is 20.8 Å². The zero-order valence-electron chi connectivity index (χ0n) is 22.8. The van der Waals surface area contributed by atoms with E-state index in [0.29, 0.717) is 5.92 Å². The highest BCUT2D eigenvalue weighted by Crippen LogP contribution is 2.33. The summed E-state index contributed by atoms with van der Waals surface area (Å²) in [5.41, 5.74) is 6.46. The molecule has 0 N–H and O–H groups in total. The van der Waals surface area contributed by atoms with Crippen LogP contribution in [0.2, 0.25) is 0 Å². The van der Waals surface area contributed by atoms with Gasteiger partial charge in [-0.15, -0.1) is 0 Å². The molecule has 34 heavy (non-hydrogen) atoms. The van der Waals surface area contributed by atoms with E-state index >= 15 is 0 Å². The minimum Gasteiger partial charge on any atom is -0.493 e. The largest absolute Gasteiger partial charge is 0.493 e. The molecule has 0 aliphatic rings. The van der Waals surface area contributed by atoms with Crippen LogP contribution in [-0.2, 0) is 6.42 Å². The Bertz CT molecular complexity index is 1110. The highest BCUT2D eigenvalue weighted by molar-refractivity contribution is 5.92. The summed E-state index contributed by atoms with van der Waals surface area (Å²) < 4.78 is 17.6. The number of aryl methyl sites for hydroxylation is 2. The van der Waals surface area contributed by atoms with Crippen molar-refractivity contribution in [3.63, 3.8) is 0 Å². The molecule has 1 unspecified atom stereocenters. The molecular formula is C31H44O3. The minimum absolute atomic E-state index is 0.534. The molecule has 2 aromatic carbocycles. The van der Waals surface area contributed by atoms with E-state index in [2.05, 4.69) is 71.9 Å². The summed E-state index contributed by atoms with van der Waals surface area (Å²) in [6, 6.07) is 8.69. The van der Waals surface area contributed by atoms with Gasteiger partial charge in [0.2, 0.25) is 0 Å². The van der Waals surface area contributed by atoms with E-state index in [1.54, 1.807) is 14.2 Å². The van der Waals surface area contributed by atoms with Gasteiger partial charge in [0.15, 0.2) is 11.5 Å². The lowest BCUT2D eigenvalue weighted by Crippen LogP contribution is -2.26. The summed E-state index contributed by atoms with van der Waals surface area (Å²) in [6.45, 7) is 16.1. The third kappa shape index (κ3) is 6.46. The van der Waals surface area contributed by atoms with Gasteiger partial charge in [0.05, 0.1) is 20.8 Å². The molecule has 0 spiro atoms. The molecule has 0 radical (unpaired) electrons. The van der Waals surface area contributed by atoms with E-state index < -0.39 is 0 Å². The summed E-state index contributed by atoms with van der Waals surface area (Å²) >= 11 is 0. The average molecular weight is 465 g/mol.